The molecule has 0 fully saturated rings. The van der Waals surface area contributed by atoms with Gasteiger partial charge in [-0.3, -0.25) is 4.79 Å². The van der Waals surface area contributed by atoms with Crippen molar-refractivity contribution in [2.75, 3.05) is 0 Å². The van der Waals surface area contributed by atoms with Crippen LogP contribution in [-0.4, -0.2) is 16.4 Å². The molecule has 1 heterocycles. The largest absolute Gasteiger partial charge is 0.494 e. The van der Waals surface area contributed by atoms with Crippen molar-refractivity contribution in [3.8, 4) is 5.88 Å². The summed E-state index contributed by atoms with van der Waals surface area (Å²) in [5.74, 6) is -0.0805. The van der Waals surface area contributed by atoms with E-state index in [0.717, 1.165) is 15.4 Å². The molecule has 0 saturated heterocycles. The molecular formula is C9H6BrNO2. The Morgan fingerprint density at radius 3 is 2.92 bits per heavy atom. The summed E-state index contributed by atoms with van der Waals surface area (Å²) in [4.78, 5) is 13.3. The number of fused-ring (bicyclic) bond motifs is 1. The average Bonchev–Trinajstić information content (AvgIpc) is 2.40. The molecule has 0 bridgehead atoms. The van der Waals surface area contributed by atoms with Crippen molar-refractivity contribution in [1.82, 2.24) is 4.98 Å². The number of hydrogen-bond donors (Lipinski definition) is 2. The number of halogens is 1. The molecule has 0 atom stereocenters. The first-order valence-electron chi connectivity index (χ1n) is 3.68. The molecule has 2 rings (SSSR count). The molecule has 0 radical (unpaired) electrons. The number of nitrogens with one attached hydrogen (secondary N) is 1. The highest BCUT2D eigenvalue weighted by molar-refractivity contribution is 9.10. The van der Waals surface area contributed by atoms with Gasteiger partial charge in [0.15, 0.2) is 12.2 Å². The van der Waals surface area contributed by atoms with Crippen molar-refractivity contribution >= 4 is 33.1 Å². The van der Waals surface area contributed by atoms with Gasteiger partial charge < -0.3 is 10.1 Å². The molecule has 0 aliphatic heterocycles. The van der Waals surface area contributed by atoms with Crippen LogP contribution < -0.4 is 0 Å². The number of hydrogen-bond acceptors (Lipinski definition) is 2. The van der Waals surface area contributed by atoms with Crippen LogP contribution in [0.4, 0.5) is 0 Å². The van der Waals surface area contributed by atoms with Crippen LogP contribution in [-0.2, 0) is 0 Å². The van der Waals surface area contributed by atoms with Gasteiger partial charge in [0.05, 0.1) is 5.56 Å². The van der Waals surface area contributed by atoms with Crippen molar-refractivity contribution < 1.29 is 9.90 Å². The first-order chi connectivity index (χ1) is 6.22. The summed E-state index contributed by atoms with van der Waals surface area (Å²) in [6.07, 6.45) is 0.639. The molecule has 1 aromatic heterocycles. The van der Waals surface area contributed by atoms with E-state index in [4.69, 9.17) is 0 Å². The van der Waals surface area contributed by atoms with E-state index in [-0.39, 0.29) is 5.88 Å². The Morgan fingerprint density at radius 2 is 2.23 bits per heavy atom. The van der Waals surface area contributed by atoms with Crippen LogP contribution in [0.3, 0.4) is 0 Å². The van der Waals surface area contributed by atoms with Crippen molar-refractivity contribution in [1.29, 1.82) is 0 Å². The predicted molar refractivity (Wildman–Crippen MR) is 53.1 cm³/mol. The number of aromatic hydroxyl groups is 1. The van der Waals surface area contributed by atoms with Gasteiger partial charge in [-0.1, -0.05) is 15.9 Å². The van der Waals surface area contributed by atoms with Crippen LogP contribution in [0.5, 0.6) is 5.88 Å². The fourth-order valence-electron chi connectivity index (χ4n) is 1.29. The smallest absolute Gasteiger partial charge is 0.200 e. The van der Waals surface area contributed by atoms with Gasteiger partial charge in [0, 0.05) is 15.4 Å². The molecule has 0 spiro atoms. The van der Waals surface area contributed by atoms with Gasteiger partial charge in [-0.05, 0) is 18.2 Å². The molecule has 66 valence electrons. The van der Waals surface area contributed by atoms with Crippen molar-refractivity contribution in [2.45, 2.75) is 0 Å². The summed E-state index contributed by atoms with van der Waals surface area (Å²) in [6.45, 7) is 0. The molecule has 1 aromatic carbocycles. The molecule has 0 amide bonds. The van der Waals surface area contributed by atoms with E-state index in [2.05, 4.69) is 20.9 Å². The second kappa shape index (κ2) is 2.88. The number of aromatic amines is 1. The number of carbonyl (C=O) groups is 1. The number of aromatic nitrogens is 1. The zero-order valence-electron chi connectivity index (χ0n) is 6.54. The highest BCUT2D eigenvalue weighted by Crippen LogP contribution is 2.27. The van der Waals surface area contributed by atoms with Gasteiger partial charge >= 0.3 is 0 Å². The third-order valence-electron chi connectivity index (χ3n) is 1.90. The maximum atomic E-state index is 10.6. The average molecular weight is 240 g/mol. The zero-order chi connectivity index (χ0) is 9.42. The molecule has 0 aliphatic carbocycles. The topological polar surface area (TPSA) is 53.1 Å². The Labute approximate surface area is 82.5 Å². The molecule has 0 saturated carbocycles. The Bertz CT molecular complexity index is 476. The minimum absolute atomic E-state index is 0.0805. The summed E-state index contributed by atoms with van der Waals surface area (Å²) in [5, 5.41) is 10.0. The normalized spacial score (nSPS) is 10.5. The Balaban J connectivity index is 2.88. The maximum Gasteiger partial charge on any atom is 0.200 e. The van der Waals surface area contributed by atoms with Crippen LogP contribution in [0.25, 0.3) is 10.9 Å². The summed E-state index contributed by atoms with van der Waals surface area (Å²) >= 11 is 3.29. The van der Waals surface area contributed by atoms with Crippen molar-refractivity contribution in [3.63, 3.8) is 0 Å². The lowest BCUT2D eigenvalue weighted by Gasteiger charge is -1.90. The van der Waals surface area contributed by atoms with Crippen LogP contribution in [0.2, 0.25) is 0 Å². The first-order valence-corrected chi connectivity index (χ1v) is 4.47. The Hall–Kier alpha value is -1.29. The summed E-state index contributed by atoms with van der Waals surface area (Å²) in [5.41, 5.74) is 1.05. The summed E-state index contributed by atoms with van der Waals surface area (Å²) in [7, 11) is 0. The fraction of sp³-hybridized carbons (Fsp3) is 0. The third-order valence-corrected chi connectivity index (χ3v) is 2.39. The molecule has 0 unspecified atom stereocenters. The lowest BCUT2D eigenvalue weighted by molar-refractivity contribution is 0.112. The van der Waals surface area contributed by atoms with E-state index >= 15 is 0 Å². The third kappa shape index (κ3) is 1.23. The van der Waals surface area contributed by atoms with Crippen molar-refractivity contribution in [2.24, 2.45) is 0 Å². The maximum absolute atomic E-state index is 10.6. The number of H-pyrrole nitrogens is 1. The minimum atomic E-state index is -0.0805. The van der Waals surface area contributed by atoms with Crippen molar-refractivity contribution in [3.05, 3.63) is 28.2 Å². The van der Waals surface area contributed by atoms with E-state index in [1.54, 1.807) is 12.1 Å². The van der Waals surface area contributed by atoms with E-state index in [9.17, 15) is 9.90 Å². The number of benzene rings is 1. The van der Waals surface area contributed by atoms with E-state index in [1.165, 1.54) is 0 Å². The first kappa shape index (κ1) is 8.31. The van der Waals surface area contributed by atoms with Crippen LogP contribution in [0.1, 0.15) is 10.4 Å². The number of rotatable bonds is 1. The molecule has 13 heavy (non-hydrogen) atoms. The molecule has 4 heteroatoms. The zero-order valence-corrected chi connectivity index (χ0v) is 8.13. The minimum Gasteiger partial charge on any atom is -0.494 e. The molecule has 2 aromatic rings. The van der Waals surface area contributed by atoms with Crippen LogP contribution >= 0.6 is 15.9 Å². The monoisotopic (exact) mass is 239 g/mol. The quantitative estimate of drug-likeness (QED) is 0.752. The Morgan fingerprint density at radius 1 is 1.46 bits per heavy atom. The Kier molecular flexibility index (Phi) is 1.84. The standard InChI is InChI=1S/C9H6BrNO2/c10-5-1-2-8-6(3-5)7(4-12)9(13)11-8/h1-4,11,13H. The van der Waals surface area contributed by atoms with Crippen LogP contribution in [0.15, 0.2) is 22.7 Å². The molecule has 0 aliphatic rings. The highest BCUT2D eigenvalue weighted by Gasteiger charge is 2.09. The molecular weight excluding hydrogens is 234 g/mol. The van der Waals surface area contributed by atoms with E-state index in [0.29, 0.717) is 11.8 Å². The predicted octanol–water partition coefficient (Wildman–Crippen LogP) is 2.45. The number of aldehydes is 1. The highest BCUT2D eigenvalue weighted by atomic mass is 79.9. The lowest BCUT2D eigenvalue weighted by Crippen LogP contribution is -1.75. The summed E-state index contributed by atoms with van der Waals surface area (Å²) < 4.78 is 0.877. The molecule has 3 nitrogen and oxygen atoms in total. The van der Waals surface area contributed by atoms with Gasteiger partial charge in [0.25, 0.3) is 0 Å². The van der Waals surface area contributed by atoms with E-state index in [1.807, 2.05) is 6.07 Å². The van der Waals surface area contributed by atoms with Gasteiger partial charge in [0.1, 0.15) is 0 Å². The number of carbonyl (C=O) groups excluding carboxylic acids is 1. The van der Waals surface area contributed by atoms with E-state index < -0.39 is 0 Å². The fourth-order valence-corrected chi connectivity index (χ4v) is 1.65. The van der Waals surface area contributed by atoms with Gasteiger partial charge in [-0.15, -0.1) is 0 Å². The lowest BCUT2D eigenvalue weighted by atomic mass is 10.2. The second-order valence-corrected chi connectivity index (χ2v) is 3.61. The van der Waals surface area contributed by atoms with Gasteiger partial charge in [-0.25, -0.2) is 0 Å². The van der Waals surface area contributed by atoms with Crippen LogP contribution in [0, 0.1) is 0 Å². The summed E-state index contributed by atoms with van der Waals surface area (Å²) in [6, 6.07) is 5.42. The SMILES string of the molecule is O=Cc1c(O)[nH]c2ccc(Br)cc12. The molecule has 2 N–H and O–H groups in total. The van der Waals surface area contributed by atoms with Gasteiger partial charge in [-0.2, -0.15) is 0 Å². The second-order valence-electron chi connectivity index (χ2n) is 2.70. The van der Waals surface area contributed by atoms with Gasteiger partial charge in [0.2, 0.25) is 0 Å².